The normalized spacial score (nSPS) is 10.1. The van der Waals surface area contributed by atoms with Crippen LogP contribution in [0.3, 0.4) is 0 Å². The van der Waals surface area contributed by atoms with Gasteiger partial charge in [-0.2, -0.15) is 0 Å². The molecule has 0 unspecified atom stereocenters. The average molecular weight is 265 g/mol. The number of halogens is 1. The lowest BCUT2D eigenvalue weighted by Crippen LogP contribution is -2.00. The van der Waals surface area contributed by atoms with E-state index in [2.05, 4.69) is 0 Å². The van der Waals surface area contributed by atoms with Gasteiger partial charge >= 0.3 is 5.97 Å². The second-order valence-electron chi connectivity index (χ2n) is 3.52. The Labute approximate surface area is 108 Å². The molecular weight excluding hydrogens is 256 g/mol. The quantitative estimate of drug-likeness (QED) is 0.890. The number of hydrogen-bond acceptors (Lipinski definition) is 3. The molecule has 2 aromatic carbocycles. The molecule has 2 rings (SSSR count). The molecule has 0 aliphatic rings. The number of carboxylic acid groups (broad SMARTS) is 1. The number of rotatable bonds is 3. The van der Waals surface area contributed by atoms with Crippen molar-refractivity contribution in [2.45, 2.75) is 0 Å². The zero-order valence-electron chi connectivity index (χ0n) is 9.13. The van der Waals surface area contributed by atoms with E-state index in [0.717, 1.165) is 0 Å². The molecule has 2 aromatic rings. The third-order valence-electron chi connectivity index (χ3n) is 2.26. The van der Waals surface area contributed by atoms with Crippen LogP contribution in [0.4, 0.5) is 0 Å². The Morgan fingerprint density at radius 2 is 1.83 bits per heavy atom. The summed E-state index contributed by atoms with van der Waals surface area (Å²) >= 11 is 5.73. The average Bonchev–Trinajstić information content (AvgIpc) is 2.34. The van der Waals surface area contributed by atoms with Crippen LogP contribution in [0.25, 0.3) is 0 Å². The van der Waals surface area contributed by atoms with Crippen molar-refractivity contribution in [1.82, 2.24) is 0 Å². The summed E-state index contributed by atoms with van der Waals surface area (Å²) in [5.41, 5.74) is -0.0641. The third-order valence-corrected chi connectivity index (χ3v) is 2.49. The summed E-state index contributed by atoms with van der Waals surface area (Å²) in [5, 5.41) is 18.9. The van der Waals surface area contributed by atoms with Crippen LogP contribution in [0, 0.1) is 0 Å². The number of carboxylic acids is 1. The van der Waals surface area contributed by atoms with Crippen molar-refractivity contribution in [3.63, 3.8) is 0 Å². The van der Waals surface area contributed by atoms with Crippen molar-refractivity contribution in [3.8, 4) is 17.2 Å². The summed E-state index contributed by atoms with van der Waals surface area (Å²) < 4.78 is 5.37. The van der Waals surface area contributed by atoms with E-state index in [-0.39, 0.29) is 22.8 Å². The van der Waals surface area contributed by atoms with Crippen molar-refractivity contribution in [1.29, 1.82) is 0 Å². The minimum absolute atomic E-state index is 0.0641. The van der Waals surface area contributed by atoms with E-state index in [1.165, 1.54) is 30.3 Å². The molecule has 0 aromatic heterocycles. The number of phenols is 1. The summed E-state index contributed by atoms with van der Waals surface area (Å²) in [5.74, 6) is -0.914. The van der Waals surface area contributed by atoms with Gasteiger partial charge in [0.2, 0.25) is 0 Å². The molecule has 5 heteroatoms. The monoisotopic (exact) mass is 264 g/mol. The molecule has 0 aliphatic carbocycles. The van der Waals surface area contributed by atoms with E-state index < -0.39 is 5.97 Å². The number of phenolic OH excluding ortho intramolecular Hbond substituents is 1. The molecule has 92 valence electrons. The first-order chi connectivity index (χ1) is 8.58. The van der Waals surface area contributed by atoms with Crippen molar-refractivity contribution < 1.29 is 19.7 Å². The van der Waals surface area contributed by atoms with Gasteiger partial charge < -0.3 is 14.9 Å². The van der Waals surface area contributed by atoms with Gasteiger partial charge in [0, 0.05) is 5.02 Å². The zero-order chi connectivity index (χ0) is 13.1. The topological polar surface area (TPSA) is 66.8 Å². The van der Waals surface area contributed by atoms with Crippen LogP contribution in [0.5, 0.6) is 17.2 Å². The fraction of sp³-hybridized carbons (Fsp3) is 0. The van der Waals surface area contributed by atoms with Gasteiger partial charge in [0.05, 0.1) is 0 Å². The number of hydrogen-bond donors (Lipinski definition) is 2. The third kappa shape index (κ3) is 2.55. The van der Waals surface area contributed by atoms with E-state index in [1.807, 2.05) is 0 Å². The van der Waals surface area contributed by atoms with Crippen LogP contribution in [0.1, 0.15) is 10.4 Å². The number of benzene rings is 2. The summed E-state index contributed by atoms with van der Waals surface area (Å²) in [6.45, 7) is 0. The van der Waals surface area contributed by atoms with Gasteiger partial charge in [0.1, 0.15) is 11.3 Å². The van der Waals surface area contributed by atoms with Crippen LogP contribution in [-0.2, 0) is 0 Å². The molecule has 0 saturated carbocycles. The zero-order valence-corrected chi connectivity index (χ0v) is 9.89. The predicted molar refractivity (Wildman–Crippen MR) is 66.6 cm³/mol. The molecule has 0 atom stereocenters. The Morgan fingerprint density at radius 3 is 2.50 bits per heavy atom. The SMILES string of the molecule is O=C(O)c1cc(Cl)ccc1Oc1ccccc1O. The van der Waals surface area contributed by atoms with Crippen molar-refractivity contribution in [3.05, 3.63) is 53.1 Å². The lowest BCUT2D eigenvalue weighted by atomic mass is 10.2. The van der Waals surface area contributed by atoms with Crippen LogP contribution in [0.15, 0.2) is 42.5 Å². The molecule has 4 nitrogen and oxygen atoms in total. The number of para-hydroxylation sites is 2. The summed E-state index contributed by atoms with van der Waals surface area (Å²) in [6.07, 6.45) is 0. The molecular formula is C13H9ClO4. The van der Waals surface area contributed by atoms with Crippen molar-refractivity contribution in [2.24, 2.45) is 0 Å². The Kier molecular flexibility index (Phi) is 3.39. The lowest BCUT2D eigenvalue weighted by Gasteiger charge is -2.10. The van der Waals surface area contributed by atoms with E-state index >= 15 is 0 Å². The van der Waals surface area contributed by atoms with Crippen molar-refractivity contribution >= 4 is 17.6 Å². The highest BCUT2D eigenvalue weighted by atomic mass is 35.5. The molecule has 18 heavy (non-hydrogen) atoms. The molecule has 0 spiro atoms. The van der Waals surface area contributed by atoms with Crippen molar-refractivity contribution in [2.75, 3.05) is 0 Å². The number of aromatic hydroxyl groups is 1. The fourth-order valence-corrected chi connectivity index (χ4v) is 1.59. The maximum Gasteiger partial charge on any atom is 0.339 e. The molecule has 0 amide bonds. The van der Waals surface area contributed by atoms with E-state index in [9.17, 15) is 9.90 Å². The van der Waals surface area contributed by atoms with E-state index in [0.29, 0.717) is 5.02 Å². The Hall–Kier alpha value is -2.20. The second-order valence-corrected chi connectivity index (χ2v) is 3.95. The summed E-state index contributed by atoms with van der Waals surface area (Å²) in [6, 6.07) is 10.6. The first kappa shape index (κ1) is 12.3. The minimum Gasteiger partial charge on any atom is -0.504 e. The number of aromatic carboxylic acids is 1. The molecule has 0 bridgehead atoms. The van der Waals surface area contributed by atoms with Gasteiger partial charge in [-0.15, -0.1) is 0 Å². The van der Waals surface area contributed by atoms with Gasteiger partial charge in [0.15, 0.2) is 11.5 Å². The lowest BCUT2D eigenvalue weighted by molar-refractivity contribution is 0.0694. The van der Waals surface area contributed by atoms with Crippen LogP contribution >= 0.6 is 11.6 Å². The highest BCUT2D eigenvalue weighted by Crippen LogP contribution is 2.32. The Morgan fingerprint density at radius 1 is 1.11 bits per heavy atom. The van der Waals surface area contributed by atoms with E-state index in [1.54, 1.807) is 12.1 Å². The molecule has 0 aliphatic heterocycles. The molecule has 0 radical (unpaired) electrons. The van der Waals surface area contributed by atoms with Gasteiger partial charge in [-0.05, 0) is 30.3 Å². The Bertz CT molecular complexity index is 595. The van der Waals surface area contributed by atoms with E-state index in [4.69, 9.17) is 21.4 Å². The smallest absolute Gasteiger partial charge is 0.339 e. The first-order valence-electron chi connectivity index (χ1n) is 5.06. The summed E-state index contributed by atoms with van der Waals surface area (Å²) in [4.78, 5) is 11.0. The van der Waals surface area contributed by atoms with Gasteiger partial charge in [-0.25, -0.2) is 4.79 Å². The first-order valence-corrected chi connectivity index (χ1v) is 5.44. The maximum absolute atomic E-state index is 11.0. The minimum atomic E-state index is -1.15. The van der Waals surface area contributed by atoms with Gasteiger partial charge in [-0.3, -0.25) is 0 Å². The summed E-state index contributed by atoms with van der Waals surface area (Å²) in [7, 11) is 0. The van der Waals surface area contributed by atoms with Gasteiger partial charge in [-0.1, -0.05) is 23.7 Å². The Balaban J connectivity index is 2.41. The highest BCUT2D eigenvalue weighted by Gasteiger charge is 2.13. The van der Waals surface area contributed by atoms with Crippen LogP contribution in [0.2, 0.25) is 5.02 Å². The fourth-order valence-electron chi connectivity index (χ4n) is 1.42. The van der Waals surface area contributed by atoms with Crippen LogP contribution < -0.4 is 4.74 Å². The molecule has 2 N–H and O–H groups in total. The molecule has 0 fully saturated rings. The van der Waals surface area contributed by atoms with Gasteiger partial charge in [0.25, 0.3) is 0 Å². The molecule has 0 saturated heterocycles. The van der Waals surface area contributed by atoms with Crippen LogP contribution in [-0.4, -0.2) is 16.2 Å². The predicted octanol–water partition coefficient (Wildman–Crippen LogP) is 3.54. The largest absolute Gasteiger partial charge is 0.504 e. The standard InChI is InChI=1S/C13H9ClO4/c14-8-5-6-11(9(7-8)13(16)17)18-12-4-2-1-3-10(12)15/h1-7,15H,(H,16,17). The number of carbonyl (C=O) groups is 1. The second kappa shape index (κ2) is 4.98. The maximum atomic E-state index is 11.0. The number of ether oxygens (including phenoxy) is 1. The molecule has 0 heterocycles. The highest BCUT2D eigenvalue weighted by molar-refractivity contribution is 6.31.